The van der Waals surface area contributed by atoms with Crippen LogP contribution in [0.15, 0.2) is 12.1 Å². The van der Waals surface area contributed by atoms with Gasteiger partial charge in [0.05, 0.1) is 14.2 Å². The first-order chi connectivity index (χ1) is 12.2. The van der Waals surface area contributed by atoms with Crippen molar-refractivity contribution < 1.29 is 24.1 Å². The van der Waals surface area contributed by atoms with Crippen molar-refractivity contribution in [3.63, 3.8) is 0 Å². The molecule has 0 bridgehead atoms. The van der Waals surface area contributed by atoms with Crippen molar-refractivity contribution in [3.8, 4) is 39.9 Å². The maximum absolute atomic E-state index is 11.0. The second kappa shape index (κ2) is 5.20. The summed E-state index contributed by atoms with van der Waals surface area (Å²) in [5.74, 6) is 2.62. The maximum Gasteiger partial charge on any atom is 0.231 e. The van der Waals surface area contributed by atoms with E-state index in [2.05, 4.69) is 5.32 Å². The number of rotatable bonds is 2. The Balaban J connectivity index is 1.86. The van der Waals surface area contributed by atoms with E-state index >= 15 is 0 Å². The Morgan fingerprint density at radius 2 is 1.88 bits per heavy atom. The lowest BCUT2D eigenvalue weighted by molar-refractivity contribution is 0.174. The number of aromatic hydroxyl groups is 1. The molecule has 130 valence electrons. The highest BCUT2D eigenvalue weighted by molar-refractivity contribution is 5.87. The van der Waals surface area contributed by atoms with Crippen molar-refractivity contribution in [2.24, 2.45) is 0 Å². The van der Waals surface area contributed by atoms with Crippen molar-refractivity contribution in [1.29, 1.82) is 0 Å². The number of phenols is 1. The zero-order valence-corrected chi connectivity index (χ0v) is 14.1. The Bertz CT molecular complexity index is 892. The Morgan fingerprint density at radius 1 is 1.12 bits per heavy atom. The molecule has 0 radical (unpaired) electrons. The van der Waals surface area contributed by atoms with E-state index in [0.717, 1.165) is 53.0 Å². The van der Waals surface area contributed by atoms with Crippen LogP contribution >= 0.6 is 0 Å². The van der Waals surface area contributed by atoms with E-state index in [4.69, 9.17) is 18.9 Å². The van der Waals surface area contributed by atoms with Crippen LogP contribution in [0.3, 0.4) is 0 Å². The fourth-order valence-corrected chi connectivity index (χ4v) is 4.32. The minimum atomic E-state index is 0.117. The van der Waals surface area contributed by atoms with Gasteiger partial charge in [-0.25, -0.2) is 0 Å². The largest absolute Gasteiger partial charge is 0.504 e. The molecule has 6 heteroatoms. The molecular formula is C19H19NO5. The van der Waals surface area contributed by atoms with Crippen LogP contribution in [-0.4, -0.2) is 32.7 Å². The van der Waals surface area contributed by atoms with Crippen LogP contribution in [0.2, 0.25) is 0 Å². The highest BCUT2D eigenvalue weighted by Crippen LogP contribution is 2.56. The van der Waals surface area contributed by atoms with Crippen LogP contribution in [0.5, 0.6) is 28.7 Å². The second-order valence-electron chi connectivity index (χ2n) is 6.51. The molecule has 1 atom stereocenters. The summed E-state index contributed by atoms with van der Waals surface area (Å²) in [6, 6.07) is 4.12. The minimum Gasteiger partial charge on any atom is -0.504 e. The summed E-state index contributed by atoms with van der Waals surface area (Å²) in [6.45, 7) is 1.09. The van der Waals surface area contributed by atoms with E-state index in [1.807, 2.05) is 12.1 Å². The van der Waals surface area contributed by atoms with Gasteiger partial charge in [-0.15, -0.1) is 0 Å². The third kappa shape index (κ3) is 1.88. The van der Waals surface area contributed by atoms with Gasteiger partial charge in [0.1, 0.15) is 0 Å². The molecule has 3 aliphatic rings. The van der Waals surface area contributed by atoms with Gasteiger partial charge in [-0.2, -0.15) is 0 Å². The molecule has 1 aliphatic carbocycles. The van der Waals surface area contributed by atoms with E-state index < -0.39 is 0 Å². The molecule has 2 aliphatic heterocycles. The third-order valence-electron chi connectivity index (χ3n) is 5.34. The number of nitrogens with one attached hydrogen (secondary N) is 1. The highest BCUT2D eigenvalue weighted by Gasteiger charge is 2.37. The molecule has 0 amide bonds. The monoisotopic (exact) mass is 341 g/mol. The van der Waals surface area contributed by atoms with Crippen molar-refractivity contribution in [1.82, 2.24) is 5.32 Å². The van der Waals surface area contributed by atoms with Gasteiger partial charge < -0.3 is 29.4 Å². The number of fused-ring (bicyclic) bond motifs is 3. The Hall–Kier alpha value is -2.60. The first-order valence-corrected chi connectivity index (χ1v) is 8.38. The summed E-state index contributed by atoms with van der Waals surface area (Å²) in [5, 5.41) is 14.6. The van der Waals surface area contributed by atoms with Gasteiger partial charge in [0, 0.05) is 17.2 Å². The Morgan fingerprint density at radius 3 is 2.64 bits per heavy atom. The van der Waals surface area contributed by atoms with E-state index in [1.165, 1.54) is 0 Å². The molecule has 0 saturated carbocycles. The molecule has 25 heavy (non-hydrogen) atoms. The predicted molar refractivity (Wildman–Crippen MR) is 90.9 cm³/mol. The SMILES string of the molecule is COc1c(O)c2c3c(c1OC)CCN[C@@H]3Cc1cc3c(cc1-2)OCO3. The van der Waals surface area contributed by atoms with E-state index in [1.54, 1.807) is 14.2 Å². The lowest BCUT2D eigenvalue weighted by Crippen LogP contribution is -2.34. The number of methoxy groups -OCH3 is 2. The average molecular weight is 341 g/mol. The first kappa shape index (κ1) is 14.7. The average Bonchev–Trinajstić information content (AvgIpc) is 3.08. The van der Waals surface area contributed by atoms with Crippen molar-refractivity contribution in [2.45, 2.75) is 18.9 Å². The second-order valence-corrected chi connectivity index (χ2v) is 6.51. The zero-order valence-electron chi connectivity index (χ0n) is 14.1. The van der Waals surface area contributed by atoms with Gasteiger partial charge in [0.2, 0.25) is 12.5 Å². The molecule has 0 unspecified atom stereocenters. The van der Waals surface area contributed by atoms with Gasteiger partial charge in [-0.1, -0.05) is 0 Å². The van der Waals surface area contributed by atoms with E-state index in [0.29, 0.717) is 17.2 Å². The van der Waals surface area contributed by atoms with E-state index in [9.17, 15) is 5.11 Å². The molecule has 2 aromatic carbocycles. The summed E-state index contributed by atoms with van der Waals surface area (Å²) >= 11 is 0. The molecule has 0 saturated heterocycles. The number of hydrogen-bond donors (Lipinski definition) is 2. The molecule has 5 rings (SSSR count). The third-order valence-corrected chi connectivity index (χ3v) is 5.34. The molecule has 2 N–H and O–H groups in total. The minimum absolute atomic E-state index is 0.117. The van der Waals surface area contributed by atoms with Gasteiger partial charge >= 0.3 is 0 Å². The van der Waals surface area contributed by atoms with Crippen LogP contribution < -0.4 is 24.3 Å². The molecule has 0 spiro atoms. The zero-order chi connectivity index (χ0) is 17.1. The van der Waals surface area contributed by atoms with E-state index in [-0.39, 0.29) is 18.6 Å². The summed E-state index contributed by atoms with van der Waals surface area (Å²) in [5.41, 5.74) is 5.12. The first-order valence-electron chi connectivity index (χ1n) is 8.38. The summed E-state index contributed by atoms with van der Waals surface area (Å²) in [4.78, 5) is 0. The molecule has 6 nitrogen and oxygen atoms in total. The van der Waals surface area contributed by atoms with Crippen LogP contribution in [0.4, 0.5) is 0 Å². The molecule has 2 aromatic rings. The quantitative estimate of drug-likeness (QED) is 0.875. The number of phenolic OH excluding ortho intramolecular Hbond substituents is 1. The number of ether oxygens (including phenoxy) is 4. The predicted octanol–water partition coefficient (Wildman–Crippen LogP) is 2.55. The van der Waals surface area contributed by atoms with Crippen molar-refractivity contribution in [3.05, 3.63) is 28.8 Å². The van der Waals surface area contributed by atoms with Gasteiger partial charge in [0.25, 0.3) is 0 Å². The van der Waals surface area contributed by atoms with Crippen molar-refractivity contribution in [2.75, 3.05) is 27.6 Å². The number of benzene rings is 2. The Labute approximate surface area is 145 Å². The maximum atomic E-state index is 11.0. The van der Waals surface area contributed by atoms with Crippen molar-refractivity contribution >= 4 is 0 Å². The molecule has 0 aromatic heterocycles. The normalized spacial score (nSPS) is 19.2. The molecule has 0 fully saturated rings. The van der Waals surface area contributed by atoms with Gasteiger partial charge in [-0.3, -0.25) is 0 Å². The highest BCUT2D eigenvalue weighted by atomic mass is 16.7. The molecule has 2 heterocycles. The summed E-state index contributed by atoms with van der Waals surface area (Å²) in [6.07, 6.45) is 1.67. The van der Waals surface area contributed by atoms with Crippen LogP contribution in [0.1, 0.15) is 22.7 Å². The van der Waals surface area contributed by atoms with Crippen LogP contribution in [0.25, 0.3) is 11.1 Å². The summed E-state index contributed by atoms with van der Waals surface area (Å²) in [7, 11) is 3.17. The fraction of sp³-hybridized carbons (Fsp3) is 0.368. The standard InChI is InChI=1S/C19H19NO5/c1-22-18-10-3-4-20-12-5-9-6-13-14(25-8-24-13)7-11(9)16(15(10)12)17(21)19(18)23-2/h6-7,12,20-21H,3-5,8H2,1-2H3/t12-/m1/s1. The summed E-state index contributed by atoms with van der Waals surface area (Å²) < 4.78 is 22.1. The lowest BCUT2D eigenvalue weighted by Gasteiger charge is -2.36. The fourth-order valence-electron chi connectivity index (χ4n) is 4.32. The molecular weight excluding hydrogens is 322 g/mol. The van der Waals surface area contributed by atoms with Crippen LogP contribution in [0, 0.1) is 0 Å². The topological polar surface area (TPSA) is 69.2 Å². The van der Waals surface area contributed by atoms with Gasteiger partial charge in [0.15, 0.2) is 23.0 Å². The smallest absolute Gasteiger partial charge is 0.231 e. The van der Waals surface area contributed by atoms with Crippen LogP contribution in [-0.2, 0) is 12.8 Å². The number of hydrogen-bond acceptors (Lipinski definition) is 6. The van der Waals surface area contributed by atoms with Gasteiger partial charge in [-0.05, 0) is 48.2 Å². The lowest BCUT2D eigenvalue weighted by atomic mass is 9.76. The Kier molecular flexibility index (Phi) is 3.06.